The summed E-state index contributed by atoms with van der Waals surface area (Å²) >= 11 is 0. The topological polar surface area (TPSA) is 48.9 Å². The van der Waals surface area contributed by atoms with E-state index in [2.05, 4.69) is 75.1 Å². The van der Waals surface area contributed by atoms with Crippen LogP contribution in [0, 0.1) is 0 Å². The molecule has 1 heterocycles. The monoisotopic (exact) mass is 380 g/mol. The van der Waals surface area contributed by atoms with E-state index < -0.39 is 0 Å². The summed E-state index contributed by atoms with van der Waals surface area (Å²) in [6.07, 6.45) is 2.16. The fraction of sp³-hybridized carbons (Fsp3) is 0.435. The summed E-state index contributed by atoms with van der Waals surface area (Å²) < 4.78 is 5.43. The van der Waals surface area contributed by atoms with Gasteiger partial charge in [0.2, 0.25) is 0 Å². The van der Waals surface area contributed by atoms with Gasteiger partial charge < -0.3 is 15.4 Å². The molecule has 5 heteroatoms. The molecule has 150 valence electrons. The lowest BCUT2D eigenvalue weighted by Crippen LogP contribution is -2.37. The number of ether oxygens (including phenoxy) is 1. The van der Waals surface area contributed by atoms with E-state index in [9.17, 15) is 0 Å². The molecule has 28 heavy (non-hydrogen) atoms. The average Bonchev–Trinajstić information content (AvgIpc) is 2.75. The molecule has 0 amide bonds. The highest BCUT2D eigenvalue weighted by atomic mass is 16.5. The zero-order chi connectivity index (χ0) is 19.4. The molecule has 0 aromatic heterocycles. The van der Waals surface area contributed by atoms with Crippen molar-refractivity contribution < 1.29 is 4.74 Å². The number of aryl methyl sites for hydroxylation is 1. The van der Waals surface area contributed by atoms with Gasteiger partial charge in [-0.25, -0.2) is 0 Å². The summed E-state index contributed by atoms with van der Waals surface area (Å²) in [6, 6.07) is 19.4. The second kappa shape index (κ2) is 11.5. The first-order valence-electron chi connectivity index (χ1n) is 10.2. The lowest BCUT2D eigenvalue weighted by molar-refractivity contribution is 0.0342. The Labute approximate surface area is 168 Å². The number of nitrogens with zero attached hydrogens (tertiary/aromatic N) is 2. The van der Waals surface area contributed by atoms with E-state index in [-0.39, 0.29) is 0 Å². The maximum atomic E-state index is 5.43. The normalized spacial score (nSPS) is 15.4. The van der Waals surface area contributed by atoms with Crippen LogP contribution in [0.25, 0.3) is 0 Å². The second-order valence-corrected chi connectivity index (χ2v) is 7.15. The van der Waals surface area contributed by atoms with E-state index in [1.54, 1.807) is 0 Å². The lowest BCUT2D eigenvalue weighted by Gasteiger charge is -2.26. The molecular formula is C23H32N4O. The van der Waals surface area contributed by atoms with Gasteiger partial charge in [-0.15, -0.1) is 0 Å². The van der Waals surface area contributed by atoms with Crippen molar-refractivity contribution in [2.24, 2.45) is 4.99 Å². The summed E-state index contributed by atoms with van der Waals surface area (Å²) in [4.78, 5) is 6.78. The van der Waals surface area contributed by atoms with Gasteiger partial charge in [-0.05, 0) is 29.5 Å². The van der Waals surface area contributed by atoms with E-state index in [0.717, 1.165) is 64.7 Å². The van der Waals surface area contributed by atoms with Crippen LogP contribution in [0.4, 0.5) is 0 Å². The van der Waals surface area contributed by atoms with Crippen molar-refractivity contribution in [3.63, 3.8) is 0 Å². The molecule has 0 unspecified atom stereocenters. The quantitative estimate of drug-likeness (QED) is 0.420. The highest BCUT2D eigenvalue weighted by Crippen LogP contribution is 2.10. The molecule has 2 aromatic carbocycles. The van der Waals surface area contributed by atoms with Crippen molar-refractivity contribution in [3.8, 4) is 0 Å². The first kappa shape index (κ1) is 20.4. The van der Waals surface area contributed by atoms with E-state index in [0.29, 0.717) is 0 Å². The number of hydrogen-bond acceptors (Lipinski definition) is 3. The van der Waals surface area contributed by atoms with Gasteiger partial charge in [-0.1, -0.05) is 54.6 Å². The van der Waals surface area contributed by atoms with Crippen LogP contribution in [-0.2, 0) is 24.2 Å². The summed E-state index contributed by atoms with van der Waals surface area (Å²) in [6.45, 7) is 6.38. The second-order valence-electron chi connectivity index (χ2n) is 7.15. The average molecular weight is 381 g/mol. The maximum Gasteiger partial charge on any atom is 0.191 e. The summed E-state index contributed by atoms with van der Waals surface area (Å²) in [5, 5.41) is 6.83. The van der Waals surface area contributed by atoms with Gasteiger partial charge in [0.05, 0.1) is 13.2 Å². The maximum absolute atomic E-state index is 5.43. The number of rotatable bonds is 8. The van der Waals surface area contributed by atoms with Gasteiger partial charge in [0, 0.05) is 39.8 Å². The van der Waals surface area contributed by atoms with Crippen LogP contribution in [0.3, 0.4) is 0 Å². The molecule has 3 rings (SSSR count). The molecule has 0 radical (unpaired) electrons. The minimum Gasteiger partial charge on any atom is -0.379 e. The Hall–Kier alpha value is -2.37. The Morgan fingerprint density at radius 3 is 2.50 bits per heavy atom. The first-order valence-corrected chi connectivity index (χ1v) is 10.2. The molecule has 5 nitrogen and oxygen atoms in total. The van der Waals surface area contributed by atoms with Crippen LogP contribution >= 0.6 is 0 Å². The Balaban J connectivity index is 1.40. The standard InChI is InChI=1S/C23H32N4O/c1-24-23(25-12-6-11-20-7-3-2-4-8-20)26-18-21-9-5-10-22(17-21)19-27-13-15-28-16-14-27/h2-5,7-10,17H,6,11-16,18-19H2,1H3,(H2,24,25,26). The van der Waals surface area contributed by atoms with Crippen molar-refractivity contribution in [2.75, 3.05) is 39.9 Å². The Morgan fingerprint density at radius 2 is 1.71 bits per heavy atom. The lowest BCUT2D eigenvalue weighted by atomic mass is 10.1. The molecule has 0 atom stereocenters. The molecule has 0 spiro atoms. The van der Waals surface area contributed by atoms with Crippen molar-refractivity contribution in [2.45, 2.75) is 25.9 Å². The van der Waals surface area contributed by atoms with Crippen LogP contribution in [0.15, 0.2) is 59.6 Å². The predicted octanol–water partition coefficient (Wildman–Crippen LogP) is 2.82. The molecule has 0 aliphatic carbocycles. The van der Waals surface area contributed by atoms with Gasteiger partial charge in [0.15, 0.2) is 5.96 Å². The fourth-order valence-electron chi connectivity index (χ4n) is 3.41. The highest BCUT2D eigenvalue weighted by molar-refractivity contribution is 5.79. The molecule has 0 saturated carbocycles. The van der Waals surface area contributed by atoms with Crippen LogP contribution < -0.4 is 10.6 Å². The minimum absolute atomic E-state index is 0.773. The third kappa shape index (κ3) is 6.98. The molecule has 1 saturated heterocycles. The summed E-state index contributed by atoms with van der Waals surface area (Å²) in [5.74, 6) is 0.853. The van der Waals surface area contributed by atoms with Gasteiger partial charge in [-0.2, -0.15) is 0 Å². The Bertz CT molecular complexity index is 726. The van der Waals surface area contributed by atoms with Gasteiger partial charge in [-0.3, -0.25) is 9.89 Å². The Morgan fingerprint density at radius 1 is 0.964 bits per heavy atom. The SMILES string of the molecule is CN=C(NCCCc1ccccc1)NCc1cccc(CN2CCOCC2)c1. The molecule has 1 aliphatic heterocycles. The Kier molecular flexibility index (Phi) is 8.34. The number of aliphatic imine (C=N–C) groups is 1. The van der Waals surface area contributed by atoms with E-state index >= 15 is 0 Å². The number of morpholine rings is 1. The van der Waals surface area contributed by atoms with E-state index in [1.807, 2.05) is 7.05 Å². The summed E-state index contributed by atoms with van der Waals surface area (Å²) in [5.41, 5.74) is 4.01. The highest BCUT2D eigenvalue weighted by Gasteiger charge is 2.10. The zero-order valence-electron chi connectivity index (χ0n) is 16.9. The van der Waals surface area contributed by atoms with Crippen LogP contribution in [0.1, 0.15) is 23.1 Å². The van der Waals surface area contributed by atoms with Crippen molar-refractivity contribution >= 4 is 5.96 Å². The van der Waals surface area contributed by atoms with Gasteiger partial charge in [0.1, 0.15) is 0 Å². The number of benzene rings is 2. The number of guanidine groups is 1. The third-order valence-electron chi connectivity index (χ3n) is 4.96. The zero-order valence-corrected chi connectivity index (χ0v) is 16.9. The number of hydrogen-bond donors (Lipinski definition) is 2. The van der Waals surface area contributed by atoms with Crippen molar-refractivity contribution in [1.82, 2.24) is 15.5 Å². The molecule has 2 N–H and O–H groups in total. The number of nitrogens with one attached hydrogen (secondary N) is 2. The van der Waals surface area contributed by atoms with Crippen molar-refractivity contribution in [3.05, 3.63) is 71.3 Å². The van der Waals surface area contributed by atoms with E-state index in [1.165, 1.54) is 16.7 Å². The van der Waals surface area contributed by atoms with Gasteiger partial charge >= 0.3 is 0 Å². The summed E-state index contributed by atoms with van der Waals surface area (Å²) in [7, 11) is 1.82. The molecule has 1 aliphatic rings. The predicted molar refractivity (Wildman–Crippen MR) is 116 cm³/mol. The van der Waals surface area contributed by atoms with E-state index in [4.69, 9.17) is 4.74 Å². The van der Waals surface area contributed by atoms with Crippen LogP contribution in [0.5, 0.6) is 0 Å². The smallest absolute Gasteiger partial charge is 0.191 e. The fourth-order valence-corrected chi connectivity index (χ4v) is 3.41. The minimum atomic E-state index is 0.773. The van der Waals surface area contributed by atoms with Crippen LogP contribution in [-0.4, -0.2) is 50.8 Å². The third-order valence-corrected chi connectivity index (χ3v) is 4.96. The largest absolute Gasteiger partial charge is 0.379 e. The van der Waals surface area contributed by atoms with Crippen LogP contribution in [0.2, 0.25) is 0 Å². The van der Waals surface area contributed by atoms with Gasteiger partial charge in [0.25, 0.3) is 0 Å². The molecule has 1 fully saturated rings. The molecule has 0 bridgehead atoms. The molecular weight excluding hydrogens is 348 g/mol. The van der Waals surface area contributed by atoms with Crippen molar-refractivity contribution in [1.29, 1.82) is 0 Å². The first-order chi connectivity index (χ1) is 13.8. The molecule has 2 aromatic rings.